The molecule has 0 fully saturated rings. The molecule has 0 aromatic carbocycles. The van der Waals surface area contributed by atoms with Crippen LogP contribution in [-0.4, -0.2) is 4.98 Å². The largest absolute Gasteiger partial charge is 0.244 e. The molecule has 0 aliphatic heterocycles. The van der Waals surface area contributed by atoms with Crippen molar-refractivity contribution in [2.24, 2.45) is 0 Å². The van der Waals surface area contributed by atoms with Crippen molar-refractivity contribution < 1.29 is 0 Å². The molecule has 8 heavy (non-hydrogen) atoms. The minimum Gasteiger partial charge on any atom is -0.244 e. The summed E-state index contributed by atoms with van der Waals surface area (Å²) in [6.45, 7) is 3.82. The zero-order valence-corrected chi connectivity index (χ0v) is 4.95. The fourth-order valence-corrected chi connectivity index (χ4v) is 0.533. The van der Waals surface area contributed by atoms with E-state index in [0.717, 1.165) is 11.1 Å². The Bertz CT molecular complexity index is 164. The molecule has 0 saturated carbocycles. The van der Waals surface area contributed by atoms with E-state index in [4.69, 9.17) is 0 Å². The third-order valence-electron chi connectivity index (χ3n) is 0.822. The second-order valence-corrected chi connectivity index (χ2v) is 1.71. The van der Waals surface area contributed by atoms with E-state index in [1.54, 1.807) is 0 Å². The van der Waals surface area contributed by atoms with Crippen molar-refractivity contribution in [3.63, 3.8) is 0 Å². The molecule has 0 unspecified atom stereocenters. The van der Waals surface area contributed by atoms with Crippen LogP contribution in [0.15, 0.2) is 0 Å². The number of rotatable bonds is 0. The molecule has 1 heteroatoms. The topological polar surface area (TPSA) is 12.9 Å². The maximum Gasteiger partial charge on any atom is 0.0933 e. The normalized spacial score (nSPS) is 9.25. The molecule has 1 nitrogen and oxygen atoms in total. The molecule has 0 aliphatic rings. The fourth-order valence-electron chi connectivity index (χ4n) is 0.533. The molecule has 0 bridgehead atoms. The van der Waals surface area contributed by atoms with E-state index in [1.165, 1.54) is 0 Å². The lowest BCUT2D eigenvalue weighted by Crippen LogP contribution is -1.79. The molecule has 1 aromatic rings. The van der Waals surface area contributed by atoms with Crippen molar-refractivity contribution in [1.29, 1.82) is 0 Å². The Hall–Kier alpha value is -0.850. The number of hydrogen-bond donors (Lipinski definition) is 0. The van der Waals surface area contributed by atoms with Crippen LogP contribution in [0, 0.1) is 32.3 Å². The number of hydrogen-bond acceptors (Lipinski definition) is 1. The van der Waals surface area contributed by atoms with Crippen molar-refractivity contribution in [2.75, 3.05) is 0 Å². The zero-order valence-electron chi connectivity index (χ0n) is 4.95. The Labute approximate surface area is 49.4 Å². The van der Waals surface area contributed by atoms with Crippen LogP contribution in [0.3, 0.4) is 0 Å². The van der Waals surface area contributed by atoms with Gasteiger partial charge >= 0.3 is 0 Å². The van der Waals surface area contributed by atoms with Gasteiger partial charge in [0, 0.05) is 0 Å². The summed E-state index contributed by atoms with van der Waals surface area (Å²) in [6, 6.07) is 3.00. The first-order chi connectivity index (χ1) is 3.79. The van der Waals surface area contributed by atoms with E-state index in [0.29, 0.717) is 0 Å². The SMILES string of the molecule is Cc1[c]n[c]c(C)[c]1. The van der Waals surface area contributed by atoms with Crippen LogP contribution >= 0.6 is 0 Å². The Morgan fingerprint density at radius 2 is 1.62 bits per heavy atom. The van der Waals surface area contributed by atoms with Gasteiger partial charge in [-0.1, -0.05) is 0 Å². The second-order valence-electron chi connectivity index (χ2n) is 1.71. The predicted molar refractivity (Wildman–Crippen MR) is 30.2 cm³/mol. The zero-order chi connectivity index (χ0) is 5.98. The van der Waals surface area contributed by atoms with Gasteiger partial charge in [0.15, 0.2) is 0 Å². The third-order valence-corrected chi connectivity index (χ3v) is 0.822. The van der Waals surface area contributed by atoms with E-state index in [2.05, 4.69) is 23.4 Å². The molecular formula is C7H6N. The van der Waals surface area contributed by atoms with Crippen molar-refractivity contribution in [2.45, 2.75) is 13.8 Å². The van der Waals surface area contributed by atoms with Gasteiger partial charge in [-0.3, -0.25) is 0 Å². The molecular weight excluding hydrogens is 98.1 g/mol. The summed E-state index contributed by atoms with van der Waals surface area (Å²) < 4.78 is 0. The van der Waals surface area contributed by atoms with Crippen LogP contribution in [0.5, 0.6) is 0 Å². The van der Waals surface area contributed by atoms with Gasteiger partial charge in [-0.2, -0.15) is 0 Å². The molecule has 0 aliphatic carbocycles. The third kappa shape index (κ3) is 1.06. The molecule has 0 saturated heterocycles. The minimum absolute atomic E-state index is 0.946. The molecule has 0 atom stereocenters. The van der Waals surface area contributed by atoms with Crippen LogP contribution in [0.4, 0.5) is 0 Å². The fraction of sp³-hybridized carbons (Fsp3) is 0.286. The van der Waals surface area contributed by atoms with Gasteiger partial charge in [0.1, 0.15) is 0 Å². The average molecular weight is 104 g/mol. The van der Waals surface area contributed by atoms with Gasteiger partial charge < -0.3 is 0 Å². The van der Waals surface area contributed by atoms with Crippen LogP contribution < -0.4 is 0 Å². The van der Waals surface area contributed by atoms with Gasteiger partial charge in [-0.05, 0) is 31.0 Å². The summed E-state index contributed by atoms with van der Waals surface area (Å²) in [4.78, 5) is 3.70. The highest BCUT2D eigenvalue weighted by Gasteiger charge is 1.85. The maximum absolute atomic E-state index is 3.70. The summed E-state index contributed by atoms with van der Waals surface area (Å²) in [5, 5.41) is 0. The minimum atomic E-state index is 0.946. The van der Waals surface area contributed by atoms with E-state index in [1.807, 2.05) is 13.8 Å². The summed E-state index contributed by atoms with van der Waals surface area (Å²) in [5.74, 6) is 0. The highest BCUT2D eigenvalue weighted by atomic mass is 14.6. The number of pyridine rings is 1. The molecule has 3 radical (unpaired) electrons. The van der Waals surface area contributed by atoms with Crippen molar-refractivity contribution >= 4 is 0 Å². The molecule has 0 amide bonds. The van der Waals surface area contributed by atoms with Crippen molar-refractivity contribution in [3.8, 4) is 0 Å². The van der Waals surface area contributed by atoms with Crippen LogP contribution in [0.2, 0.25) is 0 Å². The summed E-state index contributed by atoms with van der Waals surface area (Å²) >= 11 is 0. The first-order valence-corrected chi connectivity index (χ1v) is 2.45. The molecule has 1 heterocycles. The average Bonchev–Trinajstić information content (AvgIpc) is 1.64. The lowest BCUT2D eigenvalue weighted by Gasteiger charge is -1.86. The summed E-state index contributed by atoms with van der Waals surface area (Å²) in [6.07, 6.45) is 5.42. The first kappa shape index (κ1) is 5.29. The van der Waals surface area contributed by atoms with Crippen molar-refractivity contribution in [1.82, 2.24) is 4.98 Å². The van der Waals surface area contributed by atoms with Gasteiger partial charge in [0.05, 0.1) is 12.4 Å². The van der Waals surface area contributed by atoms with E-state index >= 15 is 0 Å². The summed E-state index contributed by atoms with van der Waals surface area (Å²) in [7, 11) is 0. The van der Waals surface area contributed by atoms with Crippen LogP contribution in [0.1, 0.15) is 11.1 Å². The number of nitrogens with zero attached hydrogens (tertiary/aromatic N) is 1. The molecule has 0 spiro atoms. The molecule has 1 rings (SSSR count). The highest BCUT2D eigenvalue weighted by Crippen LogP contribution is 1.93. The molecule has 1 aromatic heterocycles. The summed E-state index contributed by atoms with van der Waals surface area (Å²) in [5.41, 5.74) is 1.89. The Morgan fingerprint density at radius 3 is 1.88 bits per heavy atom. The lowest BCUT2D eigenvalue weighted by atomic mass is 10.2. The van der Waals surface area contributed by atoms with Crippen LogP contribution in [-0.2, 0) is 0 Å². The van der Waals surface area contributed by atoms with Crippen molar-refractivity contribution in [3.05, 3.63) is 29.6 Å². The van der Waals surface area contributed by atoms with Gasteiger partial charge in [-0.15, -0.1) is 0 Å². The highest BCUT2D eigenvalue weighted by molar-refractivity contribution is 5.10. The number of aromatic nitrogens is 1. The Morgan fingerprint density at radius 1 is 1.12 bits per heavy atom. The second kappa shape index (κ2) is 1.95. The maximum atomic E-state index is 3.70. The van der Waals surface area contributed by atoms with E-state index < -0.39 is 0 Å². The van der Waals surface area contributed by atoms with Gasteiger partial charge in [-0.25, -0.2) is 4.98 Å². The van der Waals surface area contributed by atoms with E-state index in [9.17, 15) is 0 Å². The Balaban J connectivity index is 3.08. The van der Waals surface area contributed by atoms with Gasteiger partial charge in [0.2, 0.25) is 0 Å². The quantitative estimate of drug-likeness (QED) is 0.480. The standard InChI is InChI=1S/C7H6N/c1-6-3-7(2)5-8-4-6/h1-2H3. The number of aryl methyl sites for hydroxylation is 2. The van der Waals surface area contributed by atoms with Crippen LogP contribution in [0.25, 0.3) is 0 Å². The predicted octanol–water partition coefficient (Wildman–Crippen LogP) is 1.10. The molecule has 0 N–H and O–H groups in total. The smallest absolute Gasteiger partial charge is 0.0933 e. The monoisotopic (exact) mass is 104 g/mol. The molecule has 39 valence electrons. The van der Waals surface area contributed by atoms with E-state index in [-0.39, 0.29) is 0 Å². The first-order valence-electron chi connectivity index (χ1n) is 2.45. The Kier molecular flexibility index (Phi) is 1.29. The van der Waals surface area contributed by atoms with Gasteiger partial charge in [0.25, 0.3) is 0 Å². The lowest BCUT2D eigenvalue weighted by molar-refractivity contribution is 1.19.